The van der Waals surface area contributed by atoms with Crippen LogP contribution in [0.2, 0.25) is 0 Å². The highest BCUT2D eigenvalue weighted by molar-refractivity contribution is 5.44. The molecule has 1 aliphatic heterocycles. The van der Waals surface area contributed by atoms with Gasteiger partial charge in [0.2, 0.25) is 0 Å². The number of fused-ring (bicyclic) bond motifs is 1. The lowest BCUT2D eigenvalue weighted by Crippen LogP contribution is -2.37. The molecule has 3 aromatic heterocycles. The van der Waals surface area contributed by atoms with E-state index in [2.05, 4.69) is 20.4 Å². The summed E-state index contributed by atoms with van der Waals surface area (Å²) < 4.78 is 13.0. The van der Waals surface area contributed by atoms with Crippen LogP contribution in [-0.4, -0.2) is 25.8 Å². The minimum atomic E-state index is 0.367. The molecule has 1 aliphatic rings. The summed E-state index contributed by atoms with van der Waals surface area (Å²) in [5, 5.41) is 7.98. The molecule has 0 saturated carbocycles. The number of rotatable bonds is 4. The molecule has 23 heavy (non-hydrogen) atoms. The lowest BCUT2D eigenvalue weighted by atomic mass is 10.1. The Labute approximate surface area is 133 Å². The zero-order valence-electron chi connectivity index (χ0n) is 13.2. The highest BCUT2D eigenvalue weighted by atomic mass is 16.4. The average Bonchev–Trinajstić information content (AvgIpc) is 3.23. The lowest BCUT2D eigenvalue weighted by molar-refractivity contribution is 0.356. The van der Waals surface area contributed by atoms with Crippen LogP contribution in [0.3, 0.4) is 0 Å². The monoisotopic (exact) mass is 313 g/mol. The summed E-state index contributed by atoms with van der Waals surface area (Å²) in [5.74, 6) is 3.92. The lowest BCUT2D eigenvalue weighted by Gasteiger charge is -2.23. The van der Waals surface area contributed by atoms with Crippen LogP contribution in [0.4, 0.5) is 0 Å². The van der Waals surface area contributed by atoms with Gasteiger partial charge in [0.25, 0.3) is 5.89 Å². The molecule has 4 rings (SSSR count). The molecule has 0 radical (unpaired) electrons. The van der Waals surface area contributed by atoms with E-state index < -0.39 is 0 Å². The molecule has 0 fully saturated rings. The van der Waals surface area contributed by atoms with Crippen LogP contribution in [0.25, 0.3) is 11.7 Å². The minimum Gasteiger partial charge on any atom is -0.459 e. The summed E-state index contributed by atoms with van der Waals surface area (Å²) in [7, 11) is 0. The fourth-order valence-electron chi connectivity index (χ4n) is 2.94. The molecule has 7 nitrogen and oxygen atoms in total. The molecule has 0 saturated heterocycles. The Balaban J connectivity index is 1.42. The van der Waals surface area contributed by atoms with Crippen LogP contribution in [-0.2, 0) is 19.5 Å². The van der Waals surface area contributed by atoms with Crippen LogP contribution in [0.5, 0.6) is 0 Å². The summed E-state index contributed by atoms with van der Waals surface area (Å²) in [6.07, 6.45) is 3.63. The van der Waals surface area contributed by atoms with Crippen molar-refractivity contribution in [2.24, 2.45) is 0 Å². The van der Waals surface area contributed by atoms with Gasteiger partial charge in [-0.2, -0.15) is 5.10 Å². The van der Waals surface area contributed by atoms with E-state index in [-0.39, 0.29) is 0 Å². The van der Waals surface area contributed by atoms with Gasteiger partial charge in [0.15, 0.2) is 5.76 Å². The van der Waals surface area contributed by atoms with Crippen LogP contribution in [0, 0.1) is 13.8 Å². The number of nitrogens with zero attached hydrogens (tertiary/aromatic N) is 4. The number of hydrogen-bond donors (Lipinski definition) is 1. The Bertz CT molecular complexity index is 803. The third kappa shape index (κ3) is 2.79. The van der Waals surface area contributed by atoms with Crippen LogP contribution >= 0.6 is 0 Å². The highest BCUT2D eigenvalue weighted by Gasteiger charge is 2.21. The van der Waals surface area contributed by atoms with Crippen molar-refractivity contribution < 1.29 is 8.83 Å². The van der Waals surface area contributed by atoms with Crippen molar-refractivity contribution in [3.8, 4) is 11.7 Å². The first-order valence-corrected chi connectivity index (χ1v) is 7.83. The summed E-state index contributed by atoms with van der Waals surface area (Å²) in [6.45, 7) is 5.38. The van der Waals surface area contributed by atoms with Gasteiger partial charge in [0.1, 0.15) is 17.4 Å². The van der Waals surface area contributed by atoms with Crippen LogP contribution in [0.1, 0.15) is 29.5 Å². The maximum Gasteiger partial charge on any atom is 0.263 e. The molecule has 3 aromatic rings. The largest absolute Gasteiger partial charge is 0.459 e. The van der Waals surface area contributed by atoms with E-state index >= 15 is 0 Å². The van der Waals surface area contributed by atoms with Gasteiger partial charge in [-0.25, -0.2) is 14.6 Å². The molecule has 0 amide bonds. The first-order valence-electron chi connectivity index (χ1n) is 7.83. The third-order valence-corrected chi connectivity index (χ3v) is 4.15. The van der Waals surface area contributed by atoms with Crippen LogP contribution in [0.15, 0.2) is 27.2 Å². The van der Waals surface area contributed by atoms with E-state index in [0.29, 0.717) is 24.2 Å². The van der Waals surface area contributed by atoms with Gasteiger partial charge in [-0.05, 0) is 32.4 Å². The Kier molecular flexibility index (Phi) is 3.49. The second kappa shape index (κ2) is 5.66. The van der Waals surface area contributed by atoms with E-state index in [9.17, 15) is 0 Å². The Morgan fingerprint density at radius 3 is 3.09 bits per heavy atom. The molecule has 1 N–H and O–H groups in total. The highest BCUT2D eigenvalue weighted by Crippen LogP contribution is 2.22. The van der Waals surface area contributed by atoms with E-state index in [1.165, 1.54) is 0 Å². The average molecular weight is 313 g/mol. The number of aromatic nitrogens is 4. The van der Waals surface area contributed by atoms with Gasteiger partial charge >= 0.3 is 0 Å². The molecule has 0 bridgehead atoms. The molecule has 0 aliphatic carbocycles. The Morgan fingerprint density at radius 1 is 1.35 bits per heavy atom. The number of oxazole rings is 1. The van der Waals surface area contributed by atoms with E-state index in [1.54, 1.807) is 6.26 Å². The standard InChI is InChI=1S/C16H19N5O2/c1-10-13(19-16(23-10)14-4-3-7-22-14)8-17-12-5-6-15-18-11(2)20-21(15)9-12/h3-4,7,12,17H,5-6,8-9H2,1-2H3. The van der Waals surface area contributed by atoms with Crippen molar-refractivity contribution in [2.75, 3.05) is 0 Å². The number of hydrogen-bond acceptors (Lipinski definition) is 6. The zero-order valence-corrected chi connectivity index (χ0v) is 13.2. The summed E-state index contributed by atoms with van der Waals surface area (Å²) in [6, 6.07) is 4.04. The predicted octanol–water partition coefficient (Wildman–Crippen LogP) is 2.25. The van der Waals surface area contributed by atoms with E-state index in [4.69, 9.17) is 8.83 Å². The van der Waals surface area contributed by atoms with Gasteiger partial charge < -0.3 is 14.2 Å². The van der Waals surface area contributed by atoms with Gasteiger partial charge in [-0.3, -0.25) is 0 Å². The summed E-state index contributed by atoms with van der Waals surface area (Å²) >= 11 is 0. The number of furan rings is 1. The maximum atomic E-state index is 5.69. The zero-order chi connectivity index (χ0) is 15.8. The normalized spacial score (nSPS) is 17.4. The quantitative estimate of drug-likeness (QED) is 0.795. The molecule has 1 unspecified atom stereocenters. The summed E-state index contributed by atoms with van der Waals surface area (Å²) in [4.78, 5) is 8.96. The van der Waals surface area contributed by atoms with Gasteiger partial charge in [-0.15, -0.1) is 0 Å². The second-order valence-electron chi connectivity index (χ2n) is 5.87. The van der Waals surface area contributed by atoms with Crippen molar-refractivity contribution in [3.63, 3.8) is 0 Å². The van der Waals surface area contributed by atoms with Gasteiger partial charge in [-0.1, -0.05) is 0 Å². The molecule has 7 heteroatoms. The van der Waals surface area contributed by atoms with Crippen LogP contribution < -0.4 is 5.32 Å². The topological polar surface area (TPSA) is 81.9 Å². The summed E-state index contributed by atoms with van der Waals surface area (Å²) in [5.41, 5.74) is 0.914. The Hall–Kier alpha value is -2.41. The number of nitrogens with one attached hydrogen (secondary N) is 1. The van der Waals surface area contributed by atoms with Gasteiger partial charge in [0, 0.05) is 19.0 Å². The van der Waals surface area contributed by atoms with Crippen molar-refractivity contribution in [2.45, 2.75) is 45.8 Å². The fourth-order valence-corrected chi connectivity index (χ4v) is 2.94. The first kappa shape index (κ1) is 14.2. The molecule has 120 valence electrons. The van der Waals surface area contributed by atoms with Crippen molar-refractivity contribution in [1.29, 1.82) is 0 Å². The predicted molar refractivity (Wildman–Crippen MR) is 82.6 cm³/mol. The molecule has 1 atom stereocenters. The van der Waals surface area contributed by atoms with E-state index in [0.717, 1.165) is 42.5 Å². The molecule has 0 aromatic carbocycles. The molecular weight excluding hydrogens is 294 g/mol. The molecular formula is C16H19N5O2. The SMILES string of the molecule is Cc1nc2n(n1)CC(NCc1nc(-c3ccco3)oc1C)CC2. The van der Waals surface area contributed by atoms with Crippen molar-refractivity contribution in [1.82, 2.24) is 25.1 Å². The maximum absolute atomic E-state index is 5.69. The molecule has 0 spiro atoms. The smallest absolute Gasteiger partial charge is 0.263 e. The van der Waals surface area contributed by atoms with Gasteiger partial charge in [0.05, 0.1) is 18.5 Å². The first-order chi connectivity index (χ1) is 11.2. The second-order valence-corrected chi connectivity index (χ2v) is 5.87. The third-order valence-electron chi connectivity index (χ3n) is 4.15. The number of aryl methyl sites for hydroxylation is 3. The fraction of sp³-hybridized carbons (Fsp3) is 0.438. The molecule has 4 heterocycles. The minimum absolute atomic E-state index is 0.367. The Morgan fingerprint density at radius 2 is 2.26 bits per heavy atom. The van der Waals surface area contributed by atoms with Crippen molar-refractivity contribution >= 4 is 0 Å². The van der Waals surface area contributed by atoms with Crippen molar-refractivity contribution in [3.05, 3.63) is 41.5 Å². The van der Waals surface area contributed by atoms with E-state index in [1.807, 2.05) is 30.7 Å².